The summed E-state index contributed by atoms with van der Waals surface area (Å²) in [7, 11) is 0. The first kappa shape index (κ1) is 12.9. The number of piperazine rings is 1. The van der Waals surface area contributed by atoms with E-state index in [0.29, 0.717) is 5.15 Å². The van der Waals surface area contributed by atoms with Gasteiger partial charge in [-0.3, -0.25) is 4.90 Å². The average molecular weight is 279 g/mol. The Morgan fingerprint density at radius 2 is 1.95 bits per heavy atom. The Morgan fingerprint density at radius 1 is 1.16 bits per heavy atom. The maximum atomic E-state index is 6.27. The van der Waals surface area contributed by atoms with Gasteiger partial charge in [0.2, 0.25) is 5.95 Å². The Hall–Kier alpha value is -1.13. The number of anilines is 1. The van der Waals surface area contributed by atoms with E-state index in [9.17, 15) is 0 Å². The zero-order valence-electron chi connectivity index (χ0n) is 11.1. The molecule has 0 N–H and O–H groups in total. The summed E-state index contributed by atoms with van der Waals surface area (Å²) in [5, 5.41) is 0.658. The molecular formula is C14H19ClN4. The molecule has 19 heavy (non-hydrogen) atoms. The van der Waals surface area contributed by atoms with Gasteiger partial charge in [-0.2, -0.15) is 0 Å². The summed E-state index contributed by atoms with van der Waals surface area (Å²) in [6, 6.07) is 0. The van der Waals surface area contributed by atoms with Gasteiger partial charge in [0.15, 0.2) is 0 Å². The number of rotatable bonds is 3. The second kappa shape index (κ2) is 5.47. The van der Waals surface area contributed by atoms with Gasteiger partial charge in [-0.1, -0.05) is 17.7 Å². The van der Waals surface area contributed by atoms with Crippen molar-refractivity contribution in [3.8, 4) is 0 Å². The summed E-state index contributed by atoms with van der Waals surface area (Å²) in [5.74, 6) is 0.809. The Morgan fingerprint density at radius 3 is 2.68 bits per heavy atom. The molecule has 1 aliphatic carbocycles. The van der Waals surface area contributed by atoms with Crippen LogP contribution in [0, 0.1) is 0 Å². The van der Waals surface area contributed by atoms with Crippen LogP contribution in [0.15, 0.2) is 12.7 Å². The molecular weight excluding hydrogens is 260 g/mol. The number of hydrogen-bond donors (Lipinski definition) is 0. The van der Waals surface area contributed by atoms with Crippen LogP contribution < -0.4 is 4.90 Å². The Balaban J connectivity index is 1.73. The molecule has 0 spiro atoms. The molecule has 102 valence electrons. The molecule has 1 fully saturated rings. The number of hydrogen-bond acceptors (Lipinski definition) is 4. The van der Waals surface area contributed by atoms with Crippen LogP contribution in [0.1, 0.15) is 17.7 Å². The van der Waals surface area contributed by atoms with Crippen LogP contribution in [0.4, 0.5) is 5.95 Å². The molecule has 0 bridgehead atoms. The van der Waals surface area contributed by atoms with Gasteiger partial charge in [0.05, 0.1) is 5.69 Å². The van der Waals surface area contributed by atoms with Crippen LogP contribution in [-0.4, -0.2) is 47.6 Å². The quantitative estimate of drug-likeness (QED) is 0.625. The fourth-order valence-electron chi connectivity index (χ4n) is 2.83. The van der Waals surface area contributed by atoms with Crippen molar-refractivity contribution < 1.29 is 0 Å². The minimum absolute atomic E-state index is 0.658. The van der Waals surface area contributed by atoms with Gasteiger partial charge >= 0.3 is 0 Å². The monoisotopic (exact) mass is 278 g/mol. The van der Waals surface area contributed by atoms with E-state index in [0.717, 1.165) is 69.2 Å². The lowest BCUT2D eigenvalue weighted by atomic mass is 10.2. The van der Waals surface area contributed by atoms with E-state index in [1.807, 2.05) is 6.08 Å². The van der Waals surface area contributed by atoms with Gasteiger partial charge in [0, 0.05) is 38.3 Å². The Labute approximate surface area is 119 Å². The third-order valence-corrected chi connectivity index (χ3v) is 4.23. The van der Waals surface area contributed by atoms with Crippen LogP contribution in [0.5, 0.6) is 0 Å². The normalized spacial score (nSPS) is 19.5. The second-order valence-electron chi connectivity index (χ2n) is 5.17. The molecule has 2 aliphatic rings. The van der Waals surface area contributed by atoms with Crippen molar-refractivity contribution in [2.75, 3.05) is 37.6 Å². The van der Waals surface area contributed by atoms with E-state index >= 15 is 0 Å². The molecule has 4 nitrogen and oxygen atoms in total. The lowest BCUT2D eigenvalue weighted by Gasteiger charge is -2.34. The first-order chi connectivity index (χ1) is 9.28. The first-order valence-corrected chi connectivity index (χ1v) is 7.29. The highest BCUT2D eigenvalue weighted by Crippen LogP contribution is 2.28. The molecule has 0 amide bonds. The molecule has 3 rings (SSSR count). The highest BCUT2D eigenvalue weighted by molar-refractivity contribution is 6.30. The number of nitrogens with zero attached hydrogens (tertiary/aromatic N) is 4. The van der Waals surface area contributed by atoms with Crippen LogP contribution in [0.2, 0.25) is 5.15 Å². The highest BCUT2D eigenvalue weighted by atomic mass is 35.5. The summed E-state index contributed by atoms with van der Waals surface area (Å²) in [6.45, 7) is 8.73. The largest absolute Gasteiger partial charge is 0.338 e. The molecule has 5 heteroatoms. The van der Waals surface area contributed by atoms with E-state index in [-0.39, 0.29) is 0 Å². The zero-order chi connectivity index (χ0) is 13.2. The van der Waals surface area contributed by atoms with Crippen molar-refractivity contribution in [2.24, 2.45) is 0 Å². The SMILES string of the molecule is C=CCN1CCN(c2nc(Cl)c3c(n2)CCC3)CC1. The predicted octanol–water partition coefficient (Wildman–Crippen LogP) is 1.93. The van der Waals surface area contributed by atoms with E-state index in [4.69, 9.17) is 16.6 Å². The van der Waals surface area contributed by atoms with Crippen molar-refractivity contribution >= 4 is 17.5 Å². The summed E-state index contributed by atoms with van der Waals surface area (Å²) < 4.78 is 0. The van der Waals surface area contributed by atoms with Crippen molar-refractivity contribution in [2.45, 2.75) is 19.3 Å². The van der Waals surface area contributed by atoms with E-state index in [2.05, 4.69) is 21.4 Å². The minimum Gasteiger partial charge on any atom is -0.338 e. The zero-order valence-corrected chi connectivity index (χ0v) is 11.9. The summed E-state index contributed by atoms with van der Waals surface area (Å²) in [4.78, 5) is 13.8. The van der Waals surface area contributed by atoms with Gasteiger partial charge in [-0.25, -0.2) is 9.97 Å². The molecule has 1 aromatic rings. The maximum Gasteiger partial charge on any atom is 0.227 e. The molecule has 0 aromatic carbocycles. The number of aryl methyl sites for hydroxylation is 1. The molecule has 0 atom stereocenters. The topological polar surface area (TPSA) is 32.3 Å². The van der Waals surface area contributed by atoms with Crippen molar-refractivity contribution in [3.63, 3.8) is 0 Å². The van der Waals surface area contributed by atoms with Gasteiger partial charge in [0.25, 0.3) is 0 Å². The molecule has 0 saturated carbocycles. The van der Waals surface area contributed by atoms with Gasteiger partial charge in [-0.15, -0.1) is 6.58 Å². The fourth-order valence-corrected chi connectivity index (χ4v) is 3.11. The van der Waals surface area contributed by atoms with Gasteiger partial charge < -0.3 is 4.90 Å². The summed E-state index contributed by atoms with van der Waals surface area (Å²) >= 11 is 6.27. The molecule has 2 heterocycles. The Bertz CT molecular complexity index is 481. The number of aromatic nitrogens is 2. The third kappa shape index (κ3) is 2.60. The van der Waals surface area contributed by atoms with Crippen LogP contribution in [-0.2, 0) is 12.8 Å². The molecule has 1 saturated heterocycles. The smallest absolute Gasteiger partial charge is 0.227 e. The fraction of sp³-hybridized carbons (Fsp3) is 0.571. The molecule has 1 aromatic heterocycles. The second-order valence-corrected chi connectivity index (χ2v) is 5.53. The van der Waals surface area contributed by atoms with E-state index in [1.54, 1.807) is 0 Å². The lowest BCUT2D eigenvalue weighted by Crippen LogP contribution is -2.47. The van der Waals surface area contributed by atoms with Gasteiger partial charge in [-0.05, 0) is 19.3 Å². The maximum absolute atomic E-state index is 6.27. The Kier molecular flexibility index (Phi) is 3.71. The van der Waals surface area contributed by atoms with Crippen LogP contribution in [0.3, 0.4) is 0 Å². The number of fused-ring (bicyclic) bond motifs is 1. The van der Waals surface area contributed by atoms with E-state index in [1.165, 1.54) is 0 Å². The number of halogens is 1. The lowest BCUT2D eigenvalue weighted by molar-refractivity contribution is 0.282. The van der Waals surface area contributed by atoms with E-state index < -0.39 is 0 Å². The highest BCUT2D eigenvalue weighted by Gasteiger charge is 2.23. The molecule has 1 aliphatic heterocycles. The standard InChI is InChI=1S/C14H19ClN4/c1-2-6-18-7-9-19(10-8-18)14-16-12-5-3-4-11(12)13(15)17-14/h2H,1,3-10H2. The van der Waals surface area contributed by atoms with Crippen molar-refractivity contribution in [1.29, 1.82) is 0 Å². The average Bonchev–Trinajstić information content (AvgIpc) is 2.89. The summed E-state index contributed by atoms with van der Waals surface area (Å²) in [6.07, 6.45) is 5.18. The van der Waals surface area contributed by atoms with Gasteiger partial charge in [0.1, 0.15) is 5.15 Å². The van der Waals surface area contributed by atoms with Crippen molar-refractivity contribution in [3.05, 3.63) is 29.1 Å². The van der Waals surface area contributed by atoms with Crippen LogP contribution >= 0.6 is 11.6 Å². The molecule has 0 unspecified atom stereocenters. The predicted molar refractivity (Wildman–Crippen MR) is 77.9 cm³/mol. The third-order valence-electron chi connectivity index (χ3n) is 3.91. The van der Waals surface area contributed by atoms with Crippen molar-refractivity contribution in [1.82, 2.24) is 14.9 Å². The molecule has 0 radical (unpaired) electrons. The van der Waals surface area contributed by atoms with Crippen LogP contribution in [0.25, 0.3) is 0 Å². The summed E-state index contributed by atoms with van der Waals surface area (Å²) in [5.41, 5.74) is 2.32. The minimum atomic E-state index is 0.658. The first-order valence-electron chi connectivity index (χ1n) is 6.91.